The van der Waals surface area contributed by atoms with Crippen LogP contribution >= 0.6 is 0 Å². The van der Waals surface area contributed by atoms with Gasteiger partial charge in [-0.05, 0) is 74.3 Å². The highest BCUT2D eigenvalue weighted by molar-refractivity contribution is 7.21. The van der Waals surface area contributed by atoms with Gasteiger partial charge in [0.05, 0.1) is 22.1 Å². The summed E-state index contributed by atoms with van der Waals surface area (Å²) in [5.41, 5.74) is 9.94. The Kier molecular flexibility index (Phi) is 6.01. The molecule has 0 radical (unpaired) electrons. The van der Waals surface area contributed by atoms with Crippen LogP contribution < -0.4 is 20.7 Å². The van der Waals surface area contributed by atoms with E-state index in [1.54, 1.807) is 0 Å². The van der Waals surface area contributed by atoms with Crippen molar-refractivity contribution in [3.63, 3.8) is 0 Å². The molecule has 3 heteroatoms. The maximum absolute atomic E-state index is 2.86. The van der Waals surface area contributed by atoms with Crippen LogP contribution in [0.1, 0.15) is 0 Å². The zero-order chi connectivity index (χ0) is 33.5. The van der Waals surface area contributed by atoms with E-state index in [9.17, 15) is 0 Å². The van der Waals surface area contributed by atoms with E-state index in [0.717, 1.165) is 0 Å². The molecule has 0 N–H and O–H groups in total. The molecule has 238 valence electrons. The minimum atomic E-state index is -2.86. The van der Waals surface area contributed by atoms with Gasteiger partial charge in [0.25, 0.3) is 0 Å². The van der Waals surface area contributed by atoms with E-state index in [2.05, 4.69) is 203 Å². The van der Waals surface area contributed by atoms with Gasteiger partial charge in [0.15, 0.2) is 8.07 Å². The second-order valence-corrected chi connectivity index (χ2v) is 17.4. The van der Waals surface area contributed by atoms with Crippen LogP contribution in [-0.4, -0.2) is 17.2 Å². The lowest BCUT2D eigenvalue weighted by molar-refractivity contribution is 1.17. The SMILES string of the molecule is c1ccc(-c2ccc3c(c2)c2cc(-n4c5ccccc5c5ccccc54)cc4c2n3-c2ccccc2[Si]4(c2ccccc2)c2ccccc2)cc1. The predicted molar refractivity (Wildman–Crippen MR) is 218 cm³/mol. The first kappa shape index (κ1) is 28.4. The summed E-state index contributed by atoms with van der Waals surface area (Å²) >= 11 is 0. The van der Waals surface area contributed by atoms with Crippen molar-refractivity contribution in [3.05, 3.63) is 194 Å². The third kappa shape index (κ3) is 3.87. The number of fused-ring (bicyclic) bond motifs is 8. The van der Waals surface area contributed by atoms with Gasteiger partial charge in [-0.25, -0.2) is 0 Å². The third-order valence-electron chi connectivity index (χ3n) is 11.2. The number of rotatable bonds is 4. The molecule has 8 aromatic carbocycles. The molecule has 0 amide bonds. The summed E-state index contributed by atoms with van der Waals surface area (Å²) in [5.74, 6) is 0. The summed E-state index contributed by atoms with van der Waals surface area (Å²) < 4.78 is 5.07. The smallest absolute Gasteiger partial charge is 0.184 e. The fraction of sp³-hybridized carbons (Fsp3) is 0. The van der Waals surface area contributed by atoms with Crippen LogP contribution in [0.15, 0.2) is 194 Å². The maximum atomic E-state index is 2.57. The highest BCUT2D eigenvalue weighted by atomic mass is 28.3. The molecule has 11 rings (SSSR count). The lowest BCUT2D eigenvalue weighted by Gasteiger charge is -2.40. The Morgan fingerprint density at radius 3 is 1.55 bits per heavy atom. The lowest BCUT2D eigenvalue weighted by Crippen LogP contribution is -2.76. The average molecular weight is 665 g/mol. The first-order valence-electron chi connectivity index (χ1n) is 17.7. The summed E-state index contributed by atoms with van der Waals surface area (Å²) in [4.78, 5) is 0. The molecule has 0 bridgehead atoms. The number of aromatic nitrogens is 2. The first-order chi connectivity index (χ1) is 25.3. The summed E-state index contributed by atoms with van der Waals surface area (Å²) in [6.07, 6.45) is 0. The molecule has 0 unspecified atom stereocenters. The van der Waals surface area contributed by atoms with E-state index in [1.165, 1.54) is 86.9 Å². The van der Waals surface area contributed by atoms with Gasteiger partial charge >= 0.3 is 0 Å². The second-order valence-electron chi connectivity index (χ2n) is 13.7. The van der Waals surface area contributed by atoms with Crippen LogP contribution in [0.5, 0.6) is 0 Å². The van der Waals surface area contributed by atoms with Crippen LogP contribution in [-0.2, 0) is 0 Å². The van der Waals surface area contributed by atoms with Crippen LogP contribution in [0.25, 0.3) is 66.1 Å². The number of nitrogens with zero attached hydrogens (tertiary/aromatic N) is 2. The van der Waals surface area contributed by atoms with E-state index in [4.69, 9.17) is 0 Å². The van der Waals surface area contributed by atoms with Crippen molar-refractivity contribution in [3.8, 4) is 22.5 Å². The van der Waals surface area contributed by atoms with Gasteiger partial charge in [-0.15, -0.1) is 0 Å². The molecular weight excluding hydrogens is 633 g/mol. The Labute approximate surface area is 297 Å². The average Bonchev–Trinajstić information content (AvgIpc) is 3.72. The Balaban J connectivity index is 1.38. The van der Waals surface area contributed by atoms with Crippen molar-refractivity contribution in [2.75, 3.05) is 0 Å². The fourth-order valence-electron chi connectivity index (χ4n) is 9.10. The molecule has 1 aliphatic heterocycles. The van der Waals surface area contributed by atoms with Gasteiger partial charge in [-0.2, -0.15) is 0 Å². The lowest BCUT2D eigenvalue weighted by atomic mass is 10.0. The molecule has 0 spiro atoms. The number of hydrogen-bond donors (Lipinski definition) is 0. The van der Waals surface area contributed by atoms with E-state index in [0.29, 0.717) is 0 Å². The Bertz CT molecular complexity index is 2860. The highest BCUT2D eigenvalue weighted by Crippen LogP contribution is 2.40. The van der Waals surface area contributed by atoms with Gasteiger partial charge in [-0.3, -0.25) is 0 Å². The molecule has 3 heterocycles. The largest absolute Gasteiger partial charge is 0.309 e. The molecule has 0 atom stereocenters. The first-order valence-corrected chi connectivity index (χ1v) is 19.7. The number of benzene rings is 8. The number of para-hydroxylation sites is 3. The molecule has 10 aromatic rings. The fourth-order valence-corrected chi connectivity index (χ4v) is 14.2. The maximum Gasteiger partial charge on any atom is 0.184 e. The highest BCUT2D eigenvalue weighted by Gasteiger charge is 2.48. The van der Waals surface area contributed by atoms with Gasteiger partial charge < -0.3 is 9.13 Å². The Hall–Kier alpha value is -6.42. The molecule has 2 nitrogen and oxygen atoms in total. The minimum Gasteiger partial charge on any atom is -0.309 e. The van der Waals surface area contributed by atoms with Crippen molar-refractivity contribution < 1.29 is 0 Å². The predicted octanol–water partition coefficient (Wildman–Crippen LogP) is 9.24. The van der Waals surface area contributed by atoms with E-state index < -0.39 is 8.07 Å². The van der Waals surface area contributed by atoms with Crippen molar-refractivity contribution in [1.82, 2.24) is 9.13 Å². The summed E-state index contributed by atoms with van der Waals surface area (Å²) in [5, 5.41) is 10.7. The second kappa shape index (κ2) is 10.8. The summed E-state index contributed by atoms with van der Waals surface area (Å²) in [6.45, 7) is 0. The third-order valence-corrected chi connectivity index (χ3v) is 16.0. The van der Waals surface area contributed by atoms with Crippen molar-refractivity contribution in [2.24, 2.45) is 0 Å². The van der Waals surface area contributed by atoms with E-state index in [1.807, 2.05) is 0 Å². The van der Waals surface area contributed by atoms with Crippen molar-refractivity contribution >= 4 is 72.4 Å². The van der Waals surface area contributed by atoms with Gasteiger partial charge in [-0.1, -0.05) is 152 Å². The Morgan fingerprint density at radius 2 is 0.882 bits per heavy atom. The van der Waals surface area contributed by atoms with Gasteiger partial charge in [0, 0.05) is 32.9 Å². The molecule has 1 aliphatic rings. The molecule has 0 fully saturated rings. The summed E-state index contributed by atoms with van der Waals surface area (Å²) in [7, 11) is -2.86. The number of hydrogen-bond acceptors (Lipinski definition) is 0. The van der Waals surface area contributed by atoms with Crippen LogP contribution in [0.2, 0.25) is 0 Å². The van der Waals surface area contributed by atoms with Gasteiger partial charge in [0.2, 0.25) is 0 Å². The summed E-state index contributed by atoms with van der Waals surface area (Å²) in [6, 6.07) is 72.5. The Morgan fingerprint density at radius 1 is 0.333 bits per heavy atom. The van der Waals surface area contributed by atoms with E-state index in [-0.39, 0.29) is 0 Å². The molecular formula is C48H32N2Si. The minimum absolute atomic E-state index is 1.20. The van der Waals surface area contributed by atoms with Crippen molar-refractivity contribution in [1.29, 1.82) is 0 Å². The standard InChI is InChI=1S/C48H32N2Si/c1-4-16-33(17-5-1)34-28-29-44-40(30-34)41-31-35(49-42-24-12-10-22-38(42)39-23-11-13-25-43(39)49)32-47-48(41)50(44)45-26-14-15-27-46(45)51(47,36-18-6-2-7-19-36)37-20-8-3-9-21-37/h1-32H. The van der Waals surface area contributed by atoms with Gasteiger partial charge in [0.1, 0.15) is 0 Å². The topological polar surface area (TPSA) is 9.86 Å². The monoisotopic (exact) mass is 664 g/mol. The molecule has 0 saturated heterocycles. The molecule has 51 heavy (non-hydrogen) atoms. The molecule has 2 aromatic heterocycles. The quantitative estimate of drug-likeness (QED) is 0.166. The zero-order valence-electron chi connectivity index (χ0n) is 27.9. The zero-order valence-corrected chi connectivity index (χ0v) is 28.9. The van der Waals surface area contributed by atoms with Crippen molar-refractivity contribution in [2.45, 2.75) is 0 Å². The molecule has 0 aliphatic carbocycles. The van der Waals surface area contributed by atoms with Crippen LogP contribution in [0.3, 0.4) is 0 Å². The van der Waals surface area contributed by atoms with Crippen LogP contribution in [0.4, 0.5) is 0 Å². The van der Waals surface area contributed by atoms with E-state index >= 15 is 0 Å². The normalized spacial score (nSPS) is 13.3. The molecule has 0 saturated carbocycles. The van der Waals surface area contributed by atoms with Crippen LogP contribution in [0, 0.1) is 0 Å².